The Balaban J connectivity index is 0.000000231. The predicted octanol–water partition coefficient (Wildman–Crippen LogP) is 3.26. The van der Waals surface area contributed by atoms with Crippen LogP contribution in [0.15, 0.2) is 72.8 Å². The van der Waals surface area contributed by atoms with Crippen molar-refractivity contribution < 1.29 is 24.9 Å². The Kier molecular flexibility index (Phi) is 7.49. The van der Waals surface area contributed by atoms with E-state index < -0.39 is 12.2 Å². The number of fused-ring (bicyclic) bond motifs is 1. The molecule has 0 aliphatic carbocycles. The molecule has 7 nitrogen and oxygen atoms in total. The lowest BCUT2D eigenvalue weighted by atomic mass is 10.0. The van der Waals surface area contributed by atoms with E-state index in [9.17, 15) is 4.79 Å². The summed E-state index contributed by atoms with van der Waals surface area (Å²) in [5.41, 5.74) is 5.31. The first-order valence-electron chi connectivity index (χ1n) is 11.2. The van der Waals surface area contributed by atoms with Crippen LogP contribution in [-0.4, -0.2) is 62.6 Å². The summed E-state index contributed by atoms with van der Waals surface area (Å²) < 4.78 is 4.95. The van der Waals surface area contributed by atoms with E-state index in [4.69, 9.17) is 20.1 Å². The molecule has 4 aromatic rings. The van der Waals surface area contributed by atoms with Crippen molar-refractivity contribution in [1.29, 1.82) is 0 Å². The highest BCUT2D eigenvalue weighted by molar-refractivity contribution is 6.10. The fraction of sp³-hybridized carbons (Fsp3) is 0.259. The number of H-pyrrole nitrogens is 1. The normalized spacial score (nSPS) is 19.9. The van der Waals surface area contributed by atoms with Gasteiger partial charge in [-0.25, -0.2) is 4.98 Å². The quantitative estimate of drug-likeness (QED) is 0.348. The number of aryl methyl sites for hydroxylation is 1. The van der Waals surface area contributed by atoms with Gasteiger partial charge in [0.15, 0.2) is 5.78 Å². The average Bonchev–Trinajstić information content (AvgIpc) is 3.30. The van der Waals surface area contributed by atoms with Gasteiger partial charge in [0, 0.05) is 23.1 Å². The molecule has 0 amide bonds. The molecule has 34 heavy (non-hydrogen) atoms. The lowest BCUT2D eigenvalue weighted by Gasteiger charge is -2.29. The zero-order chi connectivity index (χ0) is 24.1. The van der Waals surface area contributed by atoms with Crippen LogP contribution in [0.5, 0.6) is 0 Å². The summed E-state index contributed by atoms with van der Waals surface area (Å²) in [4.78, 5) is 20.5. The first kappa shape index (κ1) is 23.8. The molecule has 176 valence electrons. The Labute approximate surface area is 197 Å². The fourth-order valence-corrected chi connectivity index (χ4v) is 3.80. The molecule has 0 spiro atoms. The molecule has 0 saturated carbocycles. The summed E-state index contributed by atoms with van der Waals surface area (Å²) in [5, 5.41) is 26.5. The minimum atomic E-state index is -0.789. The maximum Gasteiger partial charge on any atom is 0.193 e. The molecule has 0 radical (unpaired) electrons. The number of nitrogens with zero attached hydrogens (tertiary/aromatic N) is 1. The van der Waals surface area contributed by atoms with E-state index in [2.05, 4.69) is 29.0 Å². The van der Waals surface area contributed by atoms with Gasteiger partial charge in [0.25, 0.3) is 0 Å². The molecule has 3 atom stereocenters. The summed E-state index contributed by atoms with van der Waals surface area (Å²) in [5.74, 6) is 0.835. The minimum Gasteiger partial charge on any atom is -0.394 e. The molecule has 5 rings (SSSR count). The van der Waals surface area contributed by atoms with Crippen molar-refractivity contribution in [1.82, 2.24) is 9.97 Å². The number of ketones is 1. The van der Waals surface area contributed by atoms with Gasteiger partial charge in [0.2, 0.25) is 0 Å². The van der Waals surface area contributed by atoms with Crippen LogP contribution in [0.25, 0.3) is 22.4 Å². The van der Waals surface area contributed by atoms with Crippen LogP contribution in [-0.2, 0) is 4.74 Å². The van der Waals surface area contributed by atoms with Gasteiger partial charge in [-0.2, -0.15) is 0 Å². The highest BCUT2D eigenvalue weighted by Crippen LogP contribution is 2.23. The second-order valence-electron chi connectivity index (χ2n) is 8.39. The fourth-order valence-electron chi connectivity index (χ4n) is 3.80. The van der Waals surface area contributed by atoms with Gasteiger partial charge in [-0.15, -0.1) is 0 Å². The third-order valence-corrected chi connectivity index (χ3v) is 5.73. The Morgan fingerprint density at radius 2 is 1.79 bits per heavy atom. The molecule has 1 fully saturated rings. The average molecular weight is 461 g/mol. The van der Waals surface area contributed by atoms with Crippen LogP contribution >= 0.6 is 0 Å². The minimum absolute atomic E-state index is 0.0178. The molecule has 1 saturated heterocycles. The number of rotatable bonds is 4. The van der Waals surface area contributed by atoms with Crippen molar-refractivity contribution in [2.24, 2.45) is 0 Å². The number of aliphatic hydroxyl groups is 3. The van der Waals surface area contributed by atoms with Gasteiger partial charge < -0.3 is 25.0 Å². The molecule has 0 bridgehead atoms. The number of carbonyl (C=O) groups excluding carboxylic acids is 1. The summed E-state index contributed by atoms with van der Waals surface area (Å²) >= 11 is 0. The van der Waals surface area contributed by atoms with Gasteiger partial charge in [-0.05, 0) is 31.2 Å². The molecule has 7 heteroatoms. The predicted molar refractivity (Wildman–Crippen MR) is 130 cm³/mol. The third-order valence-electron chi connectivity index (χ3n) is 5.73. The molecule has 1 aliphatic heterocycles. The van der Waals surface area contributed by atoms with Crippen molar-refractivity contribution in [3.63, 3.8) is 0 Å². The molecular weight excluding hydrogens is 432 g/mol. The maximum absolute atomic E-state index is 12.6. The molecule has 1 aromatic heterocycles. The smallest absolute Gasteiger partial charge is 0.193 e. The number of hydrogen-bond donors (Lipinski definition) is 4. The first-order chi connectivity index (χ1) is 16.4. The number of aromatic nitrogens is 2. The van der Waals surface area contributed by atoms with E-state index in [1.54, 1.807) is 0 Å². The number of hydrogen-bond acceptors (Lipinski definition) is 6. The summed E-state index contributed by atoms with van der Waals surface area (Å²) in [6.07, 6.45) is -1.52. The standard InChI is InChI=1S/C21H16N2O.C6H12O4/c1-14-6-5-9-17(12-14)21-22-18-11-10-16(13-19(18)23-21)20(24)15-7-3-2-4-8-15;7-2-4-1-5(8)6(9)3-10-4/h2-13H,1H3,(H,22,23);4-9H,1-3H2. The molecular formula is C27H28N2O5. The Morgan fingerprint density at radius 1 is 1.00 bits per heavy atom. The summed E-state index contributed by atoms with van der Waals surface area (Å²) in [6.45, 7) is 2.08. The van der Waals surface area contributed by atoms with Crippen molar-refractivity contribution in [2.45, 2.75) is 31.7 Å². The van der Waals surface area contributed by atoms with Gasteiger partial charge in [0.05, 0.1) is 36.5 Å². The van der Waals surface area contributed by atoms with Crippen molar-refractivity contribution in [3.8, 4) is 11.4 Å². The van der Waals surface area contributed by atoms with Crippen LogP contribution in [0.4, 0.5) is 0 Å². The number of ether oxygens (including phenoxy) is 1. The van der Waals surface area contributed by atoms with Gasteiger partial charge in [-0.1, -0.05) is 54.1 Å². The number of nitrogens with one attached hydrogen (secondary N) is 1. The summed E-state index contributed by atoms with van der Waals surface area (Å²) in [7, 11) is 0. The van der Waals surface area contributed by atoms with E-state index in [0.29, 0.717) is 17.5 Å². The zero-order valence-corrected chi connectivity index (χ0v) is 18.9. The second-order valence-corrected chi connectivity index (χ2v) is 8.39. The summed E-state index contributed by atoms with van der Waals surface area (Å²) in [6, 6.07) is 23.1. The highest BCUT2D eigenvalue weighted by atomic mass is 16.5. The molecule has 1 aliphatic rings. The van der Waals surface area contributed by atoms with Crippen LogP contribution in [0.3, 0.4) is 0 Å². The number of aromatic amines is 1. The van der Waals surface area contributed by atoms with Gasteiger partial charge in [-0.3, -0.25) is 4.79 Å². The monoisotopic (exact) mass is 460 g/mol. The zero-order valence-electron chi connectivity index (χ0n) is 18.9. The molecule has 2 heterocycles. The molecule has 3 unspecified atom stereocenters. The lowest BCUT2D eigenvalue weighted by molar-refractivity contribution is -0.131. The first-order valence-corrected chi connectivity index (χ1v) is 11.2. The van der Waals surface area contributed by atoms with E-state index in [-0.39, 0.29) is 25.1 Å². The van der Waals surface area contributed by atoms with Gasteiger partial charge in [0.1, 0.15) is 11.9 Å². The molecule has 4 N–H and O–H groups in total. The highest BCUT2D eigenvalue weighted by Gasteiger charge is 2.27. The second kappa shape index (κ2) is 10.7. The number of carbonyl (C=O) groups is 1. The van der Waals surface area contributed by atoms with Crippen molar-refractivity contribution in [2.75, 3.05) is 13.2 Å². The van der Waals surface area contributed by atoms with Crippen LogP contribution in [0.2, 0.25) is 0 Å². The lowest BCUT2D eigenvalue weighted by Crippen LogP contribution is -2.42. The van der Waals surface area contributed by atoms with E-state index >= 15 is 0 Å². The largest absolute Gasteiger partial charge is 0.394 e. The van der Waals surface area contributed by atoms with Gasteiger partial charge >= 0.3 is 0 Å². The van der Waals surface area contributed by atoms with Crippen LogP contribution < -0.4 is 0 Å². The van der Waals surface area contributed by atoms with Crippen molar-refractivity contribution in [3.05, 3.63) is 89.5 Å². The van der Waals surface area contributed by atoms with E-state index in [1.165, 1.54) is 5.56 Å². The Bertz CT molecular complexity index is 1250. The van der Waals surface area contributed by atoms with E-state index in [1.807, 2.05) is 60.7 Å². The number of aliphatic hydroxyl groups excluding tert-OH is 3. The Morgan fingerprint density at radius 3 is 2.50 bits per heavy atom. The van der Waals surface area contributed by atoms with Crippen LogP contribution in [0.1, 0.15) is 27.9 Å². The SMILES string of the molecule is Cc1cccc(-c2nc3ccc(C(=O)c4ccccc4)cc3[nH]2)c1.OCC1CC(O)C(O)CO1. The number of imidazole rings is 1. The number of benzene rings is 3. The van der Waals surface area contributed by atoms with Crippen LogP contribution in [0, 0.1) is 6.92 Å². The maximum atomic E-state index is 12.6. The third kappa shape index (κ3) is 5.58. The molecule has 3 aromatic carbocycles. The van der Waals surface area contributed by atoms with E-state index in [0.717, 1.165) is 22.4 Å². The topological polar surface area (TPSA) is 116 Å². The Hall–Kier alpha value is -3.36. The van der Waals surface area contributed by atoms with Crippen molar-refractivity contribution >= 4 is 16.8 Å².